The minimum Gasteiger partial charge on any atom is -0.470 e. The largest absolute Gasteiger partial charge is 0.470 e. The summed E-state index contributed by atoms with van der Waals surface area (Å²) in [6.45, 7) is 1.79. The first kappa shape index (κ1) is 19.1. The van der Waals surface area contributed by atoms with Gasteiger partial charge in [0.1, 0.15) is 17.6 Å². The smallest absolute Gasteiger partial charge is 0.256 e. The van der Waals surface area contributed by atoms with Gasteiger partial charge in [0.05, 0.1) is 17.6 Å². The van der Waals surface area contributed by atoms with Gasteiger partial charge >= 0.3 is 0 Å². The predicted molar refractivity (Wildman–Crippen MR) is 115 cm³/mol. The van der Waals surface area contributed by atoms with Gasteiger partial charge < -0.3 is 25.1 Å². The van der Waals surface area contributed by atoms with E-state index >= 15 is 0 Å². The Labute approximate surface area is 181 Å². The van der Waals surface area contributed by atoms with Crippen molar-refractivity contribution in [2.24, 2.45) is 17.8 Å². The number of nitrogens with one attached hydrogen (secondary N) is 2. The zero-order valence-corrected chi connectivity index (χ0v) is 17.6. The molecular formula is C23H29N5O3. The van der Waals surface area contributed by atoms with Gasteiger partial charge in [-0.1, -0.05) is 0 Å². The van der Waals surface area contributed by atoms with E-state index in [2.05, 4.69) is 20.5 Å². The molecule has 31 heavy (non-hydrogen) atoms. The minimum absolute atomic E-state index is 0.0961. The molecule has 4 aliphatic carbocycles. The highest BCUT2D eigenvalue weighted by atomic mass is 16.3. The van der Waals surface area contributed by atoms with Gasteiger partial charge in [-0.2, -0.15) is 4.98 Å². The van der Waals surface area contributed by atoms with Crippen LogP contribution in [-0.4, -0.2) is 45.7 Å². The van der Waals surface area contributed by atoms with E-state index in [0.29, 0.717) is 35.1 Å². The summed E-state index contributed by atoms with van der Waals surface area (Å²) in [4.78, 5) is 24.7. The second-order valence-electron chi connectivity index (χ2n) is 9.96. The zero-order valence-electron chi connectivity index (χ0n) is 17.6. The van der Waals surface area contributed by atoms with Crippen molar-refractivity contribution in [3.63, 3.8) is 0 Å². The first-order chi connectivity index (χ1) is 15.1. The van der Waals surface area contributed by atoms with Crippen LogP contribution in [0.2, 0.25) is 0 Å². The fourth-order valence-corrected chi connectivity index (χ4v) is 6.67. The summed E-state index contributed by atoms with van der Waals surface area (Å²) in [5, 5.41) is 17.3. The van der Waals surface area contributed by atoms with Crippen molar-refractivity contribution in [1.29, 1.82) is 0 Å². The third-order valence-corrected chi connectivity index (χ3v) is 7.73. The highest BCUT2D eigenvalue weighted by Crippen LogP contribution is 2.55. The molecule has 2 unspecified atom stereocenters. The number of aliphatic hydroxyl groups is 1. The van der Waals surface area contributed by atoms with Crippen LogP contribution in [0.1, 0.15) is 55.3 Å². The van der Waals surface area contributed by atoms with Gasteiger partial charge in [0, 0.05) is 25.3 Å². The van der Waals surface area contributed by atoms with Crippen LogP contribution in [0.15, 0.2) is 29.2 Å². The standard InChI is InChI=1S/C23H29N5O3/c29-21(26-19-15-7-14-8-16(19)11-23(30,9-14)10-15)18-12-24-22(25-17-3-6-31-13-17)27-20(18)28-4-1-2-5-28/h3,6,12-16,19,30H,1-2,4-5,7-11H2,(H,26,29)(H,24,25,27). The summed E-state index contributed by atoms with van der Waals surface area (Å²) in [5.41, 5.74) is 0.811. The van der Waals surface area contributed by atoms with E-state index < -0.39 is 5.60 Å². The lowest BCUT2D eigenvalue weighted by Gasteiger charge is -2.58. The van der Waals surface area contributed by atoms with Crippen molar-refractivity contribution < 1.29 is 14.3 Å². The lowest BCUT2D eigenvalue weighted by atomic mass is 9.52. The zero-order chi connectivity index (χ0) is 21.0. The molecule has 4 saturated carbocycles. The van der Waals surface area contributed by atoms with E-state index in [1.54, 1.807) is 24.8 Å². The van der Waals surface area contributed by atoms with E-state index in [0.717, 1.165) is 63.7 Å². The summed E-state index contributed by atoms with van der Waals surface area (Å²) in [6, 6.07) is 1.94. The first-order valence-electron chi connectivity index (χ1n) is 11.5. The SMILES string of the molecule is O=C(NC1C2CC3CC1CC(O)(C3)C2)c1cnc(Nc2ccoc2)nc1N1CCCC1. The Morgan fingerprint density at radius 3 is 2.65 bits per heavy atom. The maximum absolute atomic E-state index is 13.4. The minimum atomic E-state index is -0.498. The summed E-state index contributed by atoms with van der Waals surface area (Å²) in [6.07, 6.45) is 11.8. The summed E-state index contributed by atoms with van der Waals surface area (Å²) < 4.78 is 5.11. The number of aromatic nitrogens is 2. The van der Waals surface area contributed by atoms with Crippen LogP contribution in [0, 0.1) is 17.8 Å². The van der Waals surface area contributed by atoms with Crippen LogP contribution in [0.5, 0.6) is 0 Å². The second kappa shape index (κ2) is 7.22. The van der Waals surface area contributed by atoms with E-state index in [-0.39, 0.29) is 11.9 Å². The van der Waals surface area contributed by atoms with Crippen molar-refractivity contribution in [3.05, 3.63) is 30.4 Å². The molecule has 2 aromatic rings. The van der Waals surface area contributed by atoms with Crippen molar-refractivity contribution in [2.45, 2.75) is 56.6 Å². The molecule has 5 aliphatic rings. The maximum atomic E-state index is 13.4. The van der Waals surface area contributed by atoms with Gasteiger partial charge in [-0.3, -0.25) is 4.79 Å². The van der Waals surface area contributed by atoms with Crippen LogP contribution in [-0.2, 0) is 0 Å². The normalized spacial score (nSPS) is 33.6. The number of rotatable bonds is 5. The van der Waals surface area contributed by atoms with Crippen molar-refractivity contribution in [2.75, 3.05) is 23.3 Å². The molecule has 8 heteroatoms. The van der Waals surface area contributed by atoms with E-state index in [9.17, 15) is 9.90 Å². The summed E-state index contributed by atoms with van der Waals surface area (Å²) >= 11 is 0. The molecule has 1 aliphatic heterocycles. The molecule has 1 saturated heterocycles. The maximum Gasteiger partial charge on any atom is 0.256 e. The van der Waals surface area contributed by atoms with Crippen molar-refractivity contribution >= 4 is 23.4 Å². The van der Waals surface area contributed by atoms with Crippen LogP contribution < -0.4 is 15.5 Å². The molecule has 5 fully saturated rings. The van der Waals surface area contributed by atoms with Crippen LogP contribution >= 0.6 is 0 Å². The van der Waals surface area contributed by atoms with Gasteiger partial charge in [0.2, 0.25) is 5.95 Å². The number of hydrogen-bond acceptors (Lipinski definition) is 7. The van der Waals surface area contributed by atoms with Gasteiger partial charge in [-0.15, -0.1) is 0 Å². The molecule has 7 rings (SSSR count). The number of hydrogen-bond donors (Lipinski definition) is 3. The fourth-order valence-electron chi connectivity index (χ4n) is 6.67. The summed E-state index contributed by atoms with van der Waals surface area (Å²) in [5.74, 6) is 2.42. The first-order valence-corrected chi connectivity index (χ1v) is 11.5. The molecule has 3 heterocycles. The van der Waals surface area contributed by atoms with Gasteiger partial charge in [0.25, 0.3) is 5.91 Å². The molecular weight excluding hydrogens is 394 g/mol. The molecule has 1 amide bonds. The Morgan fingerprint density at radius 1 is 1.19 bits per heavy atom. The van der Waals surface area contributed by atoms with Crippen LogP contribution in [0.25, 0.3) is 0 Å². The lowest BCUT2D eigenvalue weighted by Crippen LogP contribution is -2.61. The lowest BCUT2D eigenvalue weighted by molar-refractivity contribution is -0.136. The van der Waals surface area contributed by atoms with Gasteiger partial charge in [-0.25, -0.2) is 4.98 Å². The number of carbonyl (C=O) groups excluding carboxylic acids is 1. The average Bonchev–Trinajstić information content (AvgIpc) is 3.43. The molecule has 164 valence electrons. The van der Waals surface area contributed by atoms with Crippen molar-refractivity contribution in [3.8, 4) is 0 Å². The van der Waals surface area contributed by atoms with E-state index in [1.807, 2.05) is 0 Å². The highest BCUT2D eigenvalue weighted by Gasteiger charge is 2.55. The Balaban J connectivity index is 1.25. The molecule has 0 radical (unpaired) electrons. The Hall–Kier alpha value is -2.61. The highest BCUT2D eigenvalue weighted by molar-refractivity contribution is 5.99. The summed E-state index contributed by atoms with van der Waals surface area (Å²) in [7, 11) is 0. The molecule has 8 nitrogen and oxygen atoms in total. The number of nitrogens with zero attached hydrogens (tertiary/aromatic N) is 3. The van der Waals surface area contributed by atoms with Gasteiger partial charge in [-0.05, 0) is 68.8 Å². The Bertz CT molecular complexity index is 956. The predicted octanol–water partition coefficient (Wildman–Crippen LogP) is 3.08. The second-order valence-corrected chi connectivity index (χ2v) is 9.96. The number of anilines is 3. The molecule has 2 aromatic heterocycles. The number of carbonyl (C=O) groups is 1. The third kappa shape index (κ3) is 3.46. The topological polar surface area (TPSA) is 104 Å². The van der Waals surface area contributed by atoms with E-state index in [4.69, 9.17) is 9.40 Å². The molecule has 0 spiro atoms. The molecule has 3 N–H and O–H groups in total. The van der Waals surface area contributed by atoms with E-state index in [1.165, 1.54) is 0 Å². The average molecular weight is 424 g/mol. The van der Waals surface area contributed by atoms with Crippen LogP contribution in [0.4, 0.5) is 17.5 Å². The number of amides is 1. The quantitative estimate of drug-likeness (QED) is 0.679. The molecule has 2 atom stereocenters. The fraction of sp³-hybridized carbons (Fsp3) is 0.609. The molecule has 0 aromatic carbocycles. The van der Waals surface area contributed by atoms with Crippen LogP contribution in [0.3, 0.4) is 0 Å². The monoisotopic (exact) mass is 423 g/mol. The third-order valence-electron chi connectivity index (χ3n) is 7.73. The Morgan fingerprint density at radius 2 is 1.97 bits per heavy atom. The van der Waals surface area contributed by atoms with Crippen molar-refractivity contribution in [1.82, 2.24) is 15.3 Å². The Kier molecular flexibility index (Phi) is 4.45. The number of furan rings is 1. The molecule has 4 bridgehead atoms. The van der Waals surface area contributed by atoms with Gasteiger partial charge in [0.15, 0.2) is 0 Å².